The number of hydrogen-bond donors (Lipinski definition) is 0. The Balaban J connectivity index is 1.52. The molecule has 0 N–H and O–H groups in total. The first-order chi connectivity index (χ1) is 14.1. The number of ether oxygens (including phenoxy) is 1. The van der Waals surface area contributed by atoms with Crippen LogP contribution in [0, 0.1) is 0 Å². The van der Waals surface area contributed by atoms with E-state index in [0.717, 1.165) is 28.6 Å². The van der Waals surface area contributed by atoms with Gasteiger partial charge >= 0.3 is 0 Å². The molecule has 0 radical (unpaired) electrons. The quantitative estimate of drug-likeness (QED) is 0.449. The van der Waals surface area contributed by atoms with Gasteiger partial charge in [0.05, 0.1) is 11.4 Å². The molecular weight excluding hydrogens is 406 g/mol. The third kappa shape index (κ3) is 4.70. The van der Waals surface area contributed by atoms with Gasteiger partial charge in [0.25, 0.3) is 11.1 Å². The van der Waals surface area contributed by atoms with Crippen molar-refractivity contribution in [3.05, 3.63) is 99.9 Å². The topological polar surface area (TPSA) is 46.6 Å². The number of carbonyl (C=O) groups excluding carboxylic acids is 2. The normalized spacial score (nSPS) is 15.2. The summed E-state index contributed by atoms with van der Waals surface area (Å²) in [4.78, 5) is 26.7. The fourth-order valence-corrected chi connectivity index (χ4v) is 3.95. The number of amides is 2. The van der Waals surface area contributed by atoms with Crippen LogP contribution in [0.1, 0.15) is 11.1 Å². The molecule has 29 heavy (non-hydrogen) atoms. The van der Waals surface area contributed by atoms with Gasteiger partial charge < -0.3 is 4.74 Å². The van der Waals surface area contributed by atoms with Crippen molar-refractivity contribution in [1.82, 2.24) is 4.90 Å². The minimum Gasteiger partial charge on any atom is -0.457 e. The molecule has 3 aromatic carbocycles. The Bertz CT molecular complexity index is 1100. The van der Waals surface area contributed by atoms with E-state index < -0.39 is 0 Å². The van der Waals surface area contributed by atoms with Gasteiger partial charge in [0.1, 0.15) is 11.5 Å². The van der Waals surface area contributed by atoms with Gasteiger partial charge in [0, 0.05) is 5.02 Å². The highest BCUT2D eigenvalue weighted by atomic mass is 35.5. The monoisotopic (exact) mass is 421 g/mol. The number of hydrogen-bond acceptors (Lipinski definition) is 4. The minimum absolute atomic E-state index is 0.194. The van der Waals surface area contributed by atoms with E-state index in [9.17, 15) is 9.59 Å². The summed E-state index contributed by atoms with van der Waals surface area (Å²) in [5, 5.41) is 0.276. The maximum absolute atomic E-state index is 12.7. The third-order valence-electron chi connectivity index (χ3n) is 4.24. The lowest BCUT2D eigenvalue weighted by Crippen LogP contribution is -2.27. The molecule has 0 aliphatic carbocycles. The van der Waals surface area contributed by atoms with Gasteiger partial charge in [-0.25, -0.2) is 0 Å². The molecule has 0 spiro atoms. The highest BCUT2D eigenvalue weighted by Gasteiger charge is 2.35. The average molecular weight is 422 g/mol. The van der Waals surface area contributed by atoms with Crippen molar-refractivity contribution in [3.8, 4) is 11.5 Å². The first-order valence-corrected chi connectivity index (χ1v) is 10.1. The Morgan fingerprint density at radius 1 is 0.897 bits per heavy atom. The molecule has 2 amide bonds. The van der Waals surface area contributed by atoms with Crippen molar-refractivity contribution >= 4 is 40.6 Å². The lowest BCUT2D eigenvalue weighted by Gasteiger charge is -2.12. The lowest BCUT2D eigenvalue weighted by molar-refractivity contribution is -0.123. The van der Waals surface area contributed by atoms with Crippen LogP contribution in [-0.4, -0.2) is 16.0 Å². The van der Waals surface area contributed by atoms with Crippen molar-refractivity contribution < 1.29 is 14.3 Å². The van der Waals surface area contributed by atoms with Gasteiger partial charge in [0.15, 0.2) is 0 Å². The molecule has 6 heteroatoms. The predicted octanol–water partition coefficient (Wildman–Crippen LogP) is 6.37. The van der Waals surface area contributed by atoms with Crippen LogP contribution in [0.4, 0.5) is 4.79 Å². The van der Waals surface area contributed by atoms with E-state index in [-0.39, 0.29) is 17.7 Å². The van der Waals surface area contributed by atoms with Gasteiger partial charge in [0.2, 0.25) is 0 Å². The molecule has 144 valence electrons. The fraction of sp³-hybridized carbons (Fsp3) is 0.0435. The Kier molecular flexibility index (Phi) is 5.69. The Morgan fingerprint density at radius 3 is 2.45 bits per heavy atom. The molecule has 4 nitrogen and oxygen atoms in total. The number of nitrogens with zero attached hydrogens (tertiary/aromatic N) is 1. The van der Waals surface area contributed by atoms with Gasteiger partial charge in [-0.15, -0.1) is 0 Å². The average Bonchev–Trinajstić information content (AvgIpc) is 2.96. The van der Waals surface area contributed by atoms with Gasteiger partial charge in [-0.3, -0.25) is 14.5 Å². The molecule has 0 unspecified atom stereocenters. The van der Waals surface area contributed by atoms with Crippen LogP contribution in [0.5, 0.6) is 11.5 Å². The molecule has 0 atom stereocenters. The largest absolute Gasteiger partial charge is 0.457 e. The van der Waals surface area contributed by atoms with Gasteiger partial charge in [-0.2, -0.15) is 0 Å². The van der Waals surface area contributed by atoms with Gasteiger partial charge in [-0.1, -0.05) is 54.1 Å². The minimum atomic E-state index is -0.311. The van der Waals surface area contributed by atoms with E-state index in [1.54, 1.807) is 24.3 Å². The molecule has 0 aromatic heterocycles. The number of thioether (sulfide) groups is 1. The molecule has 0 saturated carbocycles. The summed E-state index contributed by atoms with van der Waals surface area (Å²) in [5.74, 6) is 1.07. The summed E-state index contributed by atoms with van der Waals surface area (Å²) in [6, 6.07) is 24.0. The van der Waals surface area contributed by atoms with Crippen molar-refractivity contribution in [2.75, 3.05) is 0 Å². The molecule has 1 aliphatic rings. The summed E-state index contributed by atoms with van der Waals surface area (Å²) < 4.78 is 5.83. The molecule has 3 aromatic rings. The summed E-state index contributed by atoms with van der Waals surface area (Å²) in [5.41, 5.74) is 1.59. The number of carbonyl (C=O) groups is 2. The van der Waals surface area contributed by atoms with Crippen LogP contribution in [0.3, 0.4) is 0 Å². The predicted molar refractivity (Wildman–Crippen MR) is 116 cm³/mol. The molecule has 1 heterocycles. The molecule has 1 saturated heterocycles. The molecular formula is C23H16ClNO3S. The van der Waals surface area contributed by atoms with E-state index in [1.165, 1.54) is 4.90 Å². The number of rotatable bonds is 5. The number of para-hydroxylation sites is 1. The smallest absolute Gasteiger partial charge is 0.293 e. The summed E-state index contributed by atoms with van der Waals surface area (Å²) >= 11 is 6.93. The first kappa shape index (κ1) is 19.3. The van der Waals surface area contributed by atoms with E-state index in [2.05, 4.69) is 0 Å². The summed E-state index contributed by atoms with van der Waals surface area (Å²) in [6.07, 6.45) is 1.71. The maximum atomic E-state index is 12.7. The van der Waals surface area contributed by atoms with E-state index in [0.29, 0.717) is 15.7 Å². The SMILES string of the molecule is O=C1S/C(=C\c2cccc(Oc3ccccc3)c2)C(=O)N1Cc1cccc(Cl)c1. The zero-order chi connectivity index (χ0) is 20.2. The highest BCUT2D eigenvalue weighted by Crippen LogP contribution is 2.34. The third-order valence-corrected chi connectivity index (χ3v) is 5.38. The van der Waals surface area contributed by atoms with Crippen LogP contribution in [0.2, 0.25) is 5.02 Å². The van der Waals surface area contributed by atoms with E-state index in [1.807, 2.05) is 60.7 Å². The summed E-state index contributed by atoms with van der Waals surface area (Å²) in [7, 11) is 0. The Hall–Kier alpha value is -3.02. The number of imide groups is 1. The standard InChI is InChI=1S/C23H16ClNO3S/c24-18-8-4-7-17(12-18)15-25-22(26)21(29-23(25)27)14-16-6-5-11-20(13-16)28-19-9-2-1-3-10-19/h1-14H,15H2/b21-14-. The van der Waals surface area contributed by atoms with Crippen LogP contribution < -0.4 is 4.74 Å². The van der Waals surface area contributed by atoms with Crippen molar-refractivity contribution in [2.45, 2.75) is 6.54 Å². The van der Waals surface area contributed by atoms with Crippen LogP contribution in [0.15, 0.2) is 83.8 Å². The van der Waals surface area contributed by atoms with E-state index >= 15 is 0 Å². The second-order valence-electron chi connectivity index (χ2n) is 6.39. The van der Waals surface area contributed by atoms with Crippen molar-refractivity contribution in [1.29, 1.82) is 0 Å². The Morgan fingerprint density at radius 2 is 1.66 bits per heavy atom. The van der Waals surface area contributed by atoms with Gasteiger partial charge in [-0.05, 0) is 65.4 Å². The molecule has 1 fully saturated rings. The molecule has 4 rings (SSSR count). The second-order valence-corrected chi connectivity index (χ2v) is 7.82. The Labute approximate surface area is 177 Å². The number of benzene rings is 3. The zero-order valence-corrected chi connectivity index (χ0v) is 16.8. The van der Waals surface area contributed by atoms with Crippen molar-refractivity contribution in [2.24, 2.45) is 0 Å². The highest BCUT2D eigenvalue weighted by molar-refractivity contribution is 8.18. The van der Waals surface area contributed by atoms with Crippen LogP contribution in [0.25, 0.3) is 6.08 Å². The maximum Gasteiger partial charge on any atom is 0.293 e. The molecule has 1 aliphatic heterocycles. The van der Waals surface area contributed by atoms with Crippen LogP contribution >= 0.6 is 23.4 Å². The van der Waals surface area contributed by atoms with Crippen molar-refractivity contribution in [3.63, 3.8) is 0 Å². The molecule has 0 bridgehead atoms. The fourth-order valence-electron chi connectivity index (χ4n) is 2.90. The first-order valence-electron chi connectivity index (χ1n) is 8.91. The van der Waals surface area contributed by atoms with E-state index in [4.69, 9.17) is 16.3 Å². The zero-order valence-electron chi connectivity index (χ0n) is 15.2. The summed E-state index contributed by atoms with van der Waals surface area (Å²) in [6.45, 7) is 0.194. The van der Waals surface area contributed by atoms with Crippen LogP contribution in [-0.2, 0) is 11.3 Å². The number of halogens is 1. The second kappa shape index (κ2) is 8.55. The lowest BCUT2D eigenvalue weighted by atomic mass is 10.2.